The lowest BCUT2D eigenvalue weighted by molar-refractivity contribution is -0.122. The highest BCUT2D eigenvalue weighted by Gasteiger charge is 2.15. The quantitative estimate of drug-likeness (QED) is 0.849. The van der Waals surface area contributed by atoms with Crippen LogP contribution < -0.4 is 10.6 Å². The van der Waals surface area contributed by atoms with Crippen molar-refractivity contribution in [3.63, 3.8) is 0 Å². The fraction of sp³-hybridized carbons (Fsp3) is 0.312. The Kier molecular flexibility index (Phi) is 5.30. The van der Waals surface area contributed by atoms with E-state index in [0.717, 1.165) is 12.1 Å². The van der Waals surface area contributed by atoms with Crippen molar-refractivity contribution in [2.75, 3.05) is 6.54 Å². The molecule has 0 spiro atoms. The minimum atomic E-state index is -0.565. The Labute approximate surface area is 129 Å². The third-order valence-electron chi connectivity index (χ3n) is 3.19. The molecule has 0 aliphatic carbocycles. The average molecular weight is 300 g/mol. The number of carbonyl (C=O) groups excluding carboxylic acids is 2. The van der Waals surface area contributed by atoms with Crippen molar-refractivity contribution in [1.82, 2.24) is 20.4 Å². The van der Waals surface area contributed by atoms with Gasteiger partial charge in [-0.2, -0.15) is 5.10 Å². The van der Waals surface area contributed by atoms with Gasteiger partial charge in [0, 0.05) is 24.5 Å². The van der Waals surface area contributed by atoms with Gasteiger partial charge in [0.2, 0.25) is 5.91 Å². The van der Waals surface area contributed by atoms with Crippen molar-refractivity contribution in [3.8, 4) is 5.69 Å². The third-order valence-corrected chi connectivity index (χ3v) is 3.19. The van der Waals surface area contributed by atoms with Gasteiger partial charge in [0.1, 0.15) is 6.04 Å². The van der Waals surface area contributed by atoms with Crippen molar-refractivity contribution in [2.45, 2.75) is 26.3 Å². The zero-order valence-electron chi connectivity index (χ0n) is 12.7. The predicted octanol–water partition coefficient (Wildman–Crippen LogP) is 1.52. The van der Waals surface area contributed by atoms with Crippen molar-refractivity contribution >= 4 is 11.8 Å². The number of hydrogen-bond acceptors (Lipinski definition) is 3. The molecule has 0 aliphatic heterocycles. The summed E-state index contributed by atoms with van der Waals surface area (Å²) in [6, 6.07) is 8.31. The maximum atomic E-state index is 12.1. The molecule has 116 valence electrons. The van der Waals surface area contributed by atoms with Gasteiger partial charge in [0.15, 0.2) is 0 Å². The Morgan fingerprint density at radius 2 is 2.00 bits per heavy atom. The molecule has 2 aromatic rings. The molecule has 0 saturated heterocycles. The van der Waals surface area contributed by atoms with Crippen molar-refractivity contribution in [3.05, 3.63) is 48.3 Å². The molecule has 6 heteroatoms. The largest absolute Gasteiger partial charge is 0.354 e. The van der Waals surface area contributed by atoms with E-state index in [-0.39, 0.29) is 11.8 Å². The SMILES string of the molecule is CCCNC(=O)[C@@H](C)NC(=O)c1ccc(-n2cccn2)cc1. The zero-order valence-corrected chi connectivity index (χ0v) is 12.7. The smallest absolute Gasteiger partial charge is 0.251 e. The number of nitrogens with zero attached hydrogens (tertiary/aromatic N) is 2. The van der Waals surface area contributed by atoms with Crippen LogP contribution in [-0.2, 0) is 4.79 Å². The number of carbonyl (C=O) groups is 2. The van der Waals surface area contributed by atoms with E-state index in [0.29, 0.717) is 12.1 Å². The third kappa shape index (κ3) is 3.94. The molecule has 6 nitrogen and oxygen atoms in total. The molecule has 2 rings (SSSR count). The number of rotatable bonds is 6. The highest BCUT2D eigenvalue weighted by atomic mass is 16.2. The van der Waals surface area contributed by atoms with Gasteiger partial charge in [-0.25, -0.2) is 4.68 Å². The van der Waals surface area contributed by atoms with Gasteiger partial charge in [-0.3, -0.25) is 9.59 Å². The Bertz CT molecular complexity index is 620. The van der Waals surface area contributed by atoms with Crippen LogP contribution in [0.2, 0.25) is 0 Å². The van der Waals surface area contributed by atoms with E-state index < -0.39 is 6.04 Å². The zero-order chi connectivity index (χ0) is 15.9. The summed E-state index contributed by atoms with van der Waals surface area (Å²) < 4.78 is 1.71. The van der Waals surface area contributed by atoms with Crippen LogP contribution in [0, 0.1) is 0 Å². The molecular formula is C16H20N4O2. The first-order chi connectivity index (χ1) is 10.6. The van der Waals surface area contributed by atoms with E-state index >= 15 is 0 Å². The summed E-state index contributed by atoms with van der Waals surface area (Å²) in [5.74, 6) is -0.450. The summed E-state index contributed by atoms with van der Waals surface area (Å²) in [5.41, 5.74) is 1.38. The first-order valence-corrected chi connectivity index (χ1v) is 7.30. The minimum absolute atomic E-state index is 0.177. The Hall–Kier alpha value is -2.63. The lowest BCUT2D eigenvalue weighted by atomic mass is 10.2. The van der Waals surface area contributed by atoms with Crippen LogP contribution in [0.4, 0.5) is 0 Å². The van der Waals surface area contributed by atoms with Crippen LogP contribution in [0.1, 0.15) is 30.6 Å². The molecule has 1 aromatic carbocycles. The topological polar surface area (TPSA) is 76.0 Å². The van der Waals surface area contributed by atoms with Gasteiger partial charge in [0.25, 0.3) is 5.91 Å². The Morgan fingerprint density at radius 3 is 2.59 bits per heavy atom. The van der Waals surface area contributed by atoms with E-state index in [2.05, 4.69) is 15.7 Å². The van der Waals surface area contributed by atoms with Crippen LogP contribution >= 0.6 is 0 Å². The van der Waals surface area contributed by atoms with Crippen molar-refractivity contribution in [2.24, 2.45) is 0 Å². The predicted molar refractivity (Wildman–Crippen MR) is 83.8 cm³/mol. The molecule has 0 saturated carbocycles. The number of benzene rings is 1. The van der Waals surface area contributed by atoms with Gasteiger partial charge >= 0.3 is 0 Å². The minimum Gasteiger partial charge on any atom is -0.354 e. The Balaban J connectivity index is 1.96. The lowest BCUT2D eigenvalue weighted by Crippen LogP contribution is -2.45. The van der Waals surface area contributed by atoms with E-state index in [1.165, 1.54) is 0 Å². The van der Waals surface area contributed by atoms with Gasteiger partial charge in [-0.15, -0.1) is 0 Å². The highest BCUT2D eigenvalue weighted by molar-refractivity contribution is 5.97. The Morgan fingerprint density at radius 1 is 1.27 bits per heavy atom. The van der Waals surface area contributed by atoms with Crippen LogP contribution in [-0.4, -0.2) is 34.2 Å². The number of amides is 2. The number of nitrogens with one attached hydrogen (secondary N) is 2. The molecule has 0 bridgehead atoms. The summed E-state index contributed by atoms with van der Waals surface area (Å²) in [6.45, 7) is 4.25. The summed E-state index contributed by atoms with van der Waals surface area (Å²) in [6.07, 6.45) is 4.38. The number of aromatic nitrogens is 2. The van der Waals surface area contributed by atoms with Gasteiger partial charge in [0.05, 0.1) is 5.69 Å². The van der Waals surface area contributed by atoms with Gasteiger partial charge in [-0.1, -0.05) is 6.92 Å². The average Bonchev–Trinajstić information content (AvgIpc) is 3.07. The molecule has 22 heavy (non-hydrogen) atoms. The molecule has 0 aliphatic rings. The van der Waals surface area contributed by atoms with E-state index in [1.54, 1.807) is 29.9 Å². The van der Waals surface area contributed by atoms with Crippen molar-refractivity contribution in [1.29, 1.82) is 0 Å². The fourth-order valence-electron chi connectivity index (χ4n) is 1.93. The molecule has 2 N–H and O–H groups in total. The van der Waals surface area contributed by atoms with Crippen LogP contribution in [0.15, 0.2) is 42.7 Å². The second kappa shape index (κ2) is 7.40. The van der Waals surface area contributed by atoms with Gasteiger partial charge < -0.3 is 10.6 Å². The molecule has 0 radical (unpaired) electrons. The van der Waals surface area contributed by atoms with E-state index in [1.807, 2.05) is 31.3 Å². The van der Waals surface area contributed by atoms with Crippen LogP contribution in [0.5, 0.6) is 0 Å². The summed E-state index contributed by atoms with van der Waals surface area (Å²) in [4.78, 5) is 23.9. The van der Waals surface area contributed by atoms with E-state index in [4.69, 9.17) is 0 Å². The first kappa shape index (κ1) is 15.8. The second-order valence-electron chi connectivity index (χ2n) is 4.98. The maximum Gasteiger partial charge on any atom is 0.251 e. The normalized spacial score (nSPS) is 11.7. The van der Waals surface area contributed by atoms with E-state index in [9.17, 15) is 9.59 Å². The molecule has 2 amide bonds. The highest BCUT2D eigenvalue weighted by Crippen LogP contribution is 2.08. The molecule has 1 heterocycles. The second-order valence-corrected chi connectivity index (χ2v) is 4.98. The van der Waals surface area contributed by atoms with Gasteiger partial charge in [-0.05, 0) is 43.7 Å². The lowest BCUT2D eigenvalue weighted by Gasteiger charge is -2.14. The molecule has 1 aromatic heterocycles. The summed E-state index contributed by atoms with van der Waals surface area (Å²) in [5, 5.41) is 9.56. The summed E-state index contributed by atoms with van der Waals surface area (Å²) >= 11 is 0. The molecule has 1 atom stereocenters. The summed E-state index contributed by atoms with van der Waals surface area (Å²) in [7, 11) is 0. The molecule has 0 unspecified atom stereocenters. The van der Waals surface area contributed by atoms with Crippen molar-refractivity contribution < 1.29 is 9.59 Å². The molecular weight excluding hydrogens is 280 g/mol. The fourth-order valence-corrected chi connectivity index (χ4v) is 1.93. The molecule has 0 fully saturated rings. The monoisotopic (exact) mass is 300 g/mol. The maximum absolute atomic E-state index is 12.1. The first-order valence-electron chi connectivity index (χ1n) is 7.30. The standard InChI is InChI=1S/C16H20N4O2/c1-3-9-17-15(21)12(2)19-16(22)13-5-7-14(8-6-13)20-11-4-10-18-20/h4-8,10-12H,3,9H2,1-2H3,(H,17,21)(H,19,22)/t12-/m1/s1. The number of hydrogen-bond donors (Lipinski definition) is 2. The van der Waals surface area contributed by atoms with Crippen LogP contribution in [0.3, 0.4) is 0 Å². The van der Waals surface area contributed by atoms with Crippen LogP contribution in [0.25, 0.3) is 5.69 Å².